The molecule has 1 N–H and O–H groups in total. The van der Waals surface area contributed by atoms with Gasteiger partial charge < -0.3 is 5.32 Å². The van der Waals surface area contributed by atoms with Crippen molar-refractivity contribution < 1.29 is 13.2 Å². The summed E-state index contributed by atoms with van der Waals surface area (Å²) >= 11 is 0. The van der Waals surface area contributed by atoms with E-state index in [4.69, 9.17) is 0 Å². The molecule has 1 aromatic carbocycles. The smallest absolute Gasteiger partial charge is 0.243 e. The highest BCUT2D eigenvalue weighted by Crippen LogP contribution is 2.27. The van der Waals surface area contributed by atoms with Gasteiger partial charge in [-0.1, -0.05) is 36.3 Å². The fourth-order valence-electron chi connectivity index (χ4n) is 3.96. The molecule has 1 fully saturated rings. The third-order valence-electron chi connectivity index (χ3n) is 5.62. The molecule has 1 heterocycles. The number of benzene rings is 1. The van der Waals surface area contributed by atoms with Crippen LogP contribution in [0.1, 0.15) is 50.5 Å². The lowest BCUT2D eigenvalue weighted by Crippen LogP contribution is -2.45. The molecule has 2 atom stereocenters. The van der Waals surface area contributed by atoms with Gasteiger partial charge in [-0.25, -0.2) is 8.42 Å². The van der Waals surface area contributed by atoms with E-state index in [1.165, 1.54) is 0 Å². The number of allylic oxidation sites excluding steroid dienone is 2. The molecule has 1 aromatic rings. The Kier molecular flexibility index (Phi) is 6.71. The summed E-state index contributed by atoms with van der Waals surface area (Å²) in [4.78, 5) is 12.7. The summed E-state index contributed by atoms with van der Waals surface area (Å²) < 4.78 is 27.8. The van der Waals surface area contributed by atoms with E-state index in [1.54, 1.807) is 16.4 Å². The minimum atomic E-state index is -3.49. The van der Waals surface area contributed by atoms with E-state index in [9.17, 15) is 13.2 Å². The van der Waals surface area contributed by atoms with Crippen LogP contribution in [0.3, 0.4) is 0 Å². The highest BCUT2D eigenvalue weighted by atomic mass is 32.2. The first-order valence-corrected chi connectivity index (χ1v) is 11.4. The third-order valence-corrected chi connectivity index (χ3v) is 7.58. The van der Waals surface area contributed by atoms with Gasteiger partial charge in [0.15, 0.2) is 0 Å². The first-order valence-electron chi connectivity index (χ1n) is 10.00. The highest BCUT2D eigenvalue weighted by molar-refractivity contribution is 7.89. The zero-order valence-electron chi connectivity index (χ0n) is 16.1. The molecular weight excluding hydrogens is 360 g/mol. The fourth-order valence-corrected chi connectivity index (χ4v) is 5.69. The average Bonchev–Trinajstić information content (AvgIpc) is 2.69. The van der Waals surface area contributed by atoms with Gasteiger partial charge in [0.1, 0.15) is 0 Å². The van der Waals surface area contributed by atoms with Crippen molar-refractivity contribution in [2.24, 2.45) is 5.92 Å². The van der Waals surface area contributed by atoms with E-state index < -0.39 is 10.0 Å². The Morgan fingerprint density at radius 1 is 1.15 bits per heavy atom. The number of carbonyl (C=O) groups excluding carboxylic acids is 1. The Hall–Kier alpha value is -1.66. The largest absolute Gasteiger partial charge is 0.356 e. The molecule has 5 nitrogen and oxygen atoms in total. The topological polar surface area (TPSA) is 66.5 Å². The summed E-state index contributed by atoms with van der Waals surface area (Å²) in [7, 11) is -3.49. The number of nitrogens with zero attached hydrogens (tertiary/aromatic N) is 1. The SMILES string of the molecule is Cc1ccc(S(=O)(=O)N2CCCC[C@H]2CCNC(=O)[C@H]2CC=CCC2)cc1. The Bertz CT molecular complexity index is 771. The number of piperidine rings is 1. The Morgan fingerprint density at radius 2 is 1.93 bits per heavy atom. The van der Waals surface area contributed by atoms with E-state index in [1.807, 2.05) is 19.1 Å². The van der Waals surface area contributed by atoms with Crippen LogP contribution in [-0.4, -0.2) is 37.8 Å². The fraction of sp³-hybridized carbons (Fsp3) is 0.571. The number of hydrogen-bond acceptors (Lipinski definition) is 3. The molecule has 148 valence electrons. The summed E-state index contributed by atoms with van der Waals surface area (Å²) in [6.45, 7) is 3.04. The van der Waals surface area contributed by atoms with Crippen LogP contribution in [0.4, 0.5) is 0 Å². The average molecular weight is 391 g/mol. The van der Waals surface area contributed by atoms with Crippen LogP contribution in [-0.2, 0) is 14.8 Å². The second-order valence-electron chi connectivity index (χ2n) is 7.64. The maximum atomic E-state index is 13.1. The number of carbonyl (C=O) groups is 1. The molecule has 0 aromatic heterocycles. The standard InChI is InChI=1S/C21H30N2O3S/c1-17-10-12-20(13-11-17)27(25,26)23-16-6-5-9-19(23)14-15-22-21(24)18-7-3-2-4-8-18/h2-3,10-13,18-19H,4-9,14-16H2,1H3,(H,22,24)/t18-,19-/m0/s1. The quantitative estimate of drug-likeness (QED) is 0.757. The molecule has 0 bridgehead atoms. The highest BCUT2D eigenvalue weighted by Gasteiger charge is 2.33. The Balaban J connectivity index is 1.60. The summed E-state index contributed by atoms with van der Waals surface area (Å²) in [6.07, 6.45) is 10.3. The number of sulfonamides is 1. The molecule has 0 unspecified atom stereocenters. The van der Waals surface area contributed by atoms with Gasteiger partial charge in [-0.2, -0.15) is 4.31 Å². The molecule has 27 heavy (non-hydrogen) atoms. The van der Waals surface area contributed by atoms with E-state index in [-0.39, 0.29) is 17.9 Å². The molecule has 1 aliphatic heterocycles. The molecule has 2 aliphatic rings. The number of aryl methyl sites for hydroxylation is 1. The second-order valence-corrected chi connectivity index (χ2v) is 9.53. The molecule has 3 rings (SSSR count). The van der Waals surface area contributed by atoms with Crippen LogP contribution in [0.5, 0.6) is 0 Å². The molecular formula is C21H30N2O3S. The normalized spacial score (nSPS) is 23.9. The van der Waals surface area contributed by atoms with Gasteiger partial charge in [0, 0.05) is 25.0 Å². The summed E-state index contributed by atoms with van der Waals surface area (Å²) in [5.74, 6) is 0.164. The predicted molar refractivity (Wildman–Crippen MR) is 107 cm³/mol. The van der Waals surface area contributed by atoms with Crippen molar-refractivity contribution in [3.8, 4) is 0 Å². The van der Waals surface area contributed by atoms with E-state index >= 15 is 0 Å². The molecule has 1 aliphatic carbocycles. The first-order chi connectivity index (χ1) is 13.0. The van der Waals surface area contributed by atoms with E-state index in [2.05, 4.69) is 17.5 Å². The van der Waals surface area contributed by atoms with E-state index in [0.29, 0.717) is 24.4 Å². The van der Waals surface area contributed by atoms with Gasteiger partial charge >= 0.3 is 0 Å². The minimum Gasteiger partial charge on any atom is -0.356 e. The van der Waals surface area contributed by atoms with Gasteiger partial charge in [0.25, 0.3) is 0 Å². The van der Waals surface area contributed by atoms with Gasteiger partial charge in [-0.3, -0.25) is 4.79 Å². The van der Waals surface area contributed by atoms with Crippen molar-refractivity contribution in [2.75, 3.05) is 13.1 Å². The third kappa shape index (κ3) is 4.99. The minimum absolute atomic E-state index is 0.0448. The number of hydrogen-bond donors (Lipinski definition) is 1. The maximum Gasteiger partial charge on any atom is 0.243 e. The Morgan fingerprint density at radius 3 is 2.63 bits per heavy atom. The summed E-state index contributed by atoms with van der Waals surface area (Å²) in [6, 6.07) is 7.01. The predicted octanol–water partition coefficient (Wildman–Crippen LogP) is 3.40. The van der Waals surface area contributed by atoms with Gasteiger partial charge in [0.2, 0.25) is 15.9 Å². The van der Waals surface area contributed by atoms with Crippen molar-refractivity contribution in [2.45, 2.75) is 62.8 Å². The van der Waals surface area contributed by atoms with Crippen LogP contribution < -0.4 is 5.32 Å². The molecule has 0 spiro atoms. The van der Waals surface area contributed by atoms with Crippen LogP contribution >= 0.6 is 0 Å². The van der Waals surface area contributed by atoms with Crippen molar-refractivity contribution in [3.63, 3.8) is 0 Å². The lowest BCUT2D eigenvalue weighted by Gasteiger charge is -2.35. The van der Waals surface area contributed by atoms with Crippen molar-refractivity contribution in [1.82, 2.24) is 9.62 Å². The number of rotatable bonds is 6. The Labute approximate surface area is 162 Å². The number of nitrogens with one attached hydrogen (secondary N) is 1. The lowest BCUT2D eigenvalue weighted by molar-refractivity contribution is -0.125. The van der Waals surface area contributed by atoms with Crippen LogP contribution in [0, 0.1) is 12.8 Å². The van der Waals surface area contributed by atoms with Crippen LogP contribution in [0.25, 0.3) is 0 Å². The zero-order valence-corrected chi connectivity index (χ0v) is 16.9. The molecule has 1 amide bonds. The van der Waals surface area contributed by atoms with Gasteiger partial charge in [0.05, 0.1) is 4.90 Å². The van der Waals surface area contributed by atoms with E-state index in [0.717, 1.165) is 44.1 Å². The van der Waals surface area contributed by atoms with Gasteiger partial charge in [-0.05, 0) is 57.6 Å². The summed E-state index contributed by atoms with van der Waals surface area (Å²) in [5, 5.41) is 3.02. The van der Waals surface area contributed by atoms with Crippen molar-refractivity contribution in [3.05, 3.63) is 42.0 Å². The van der Waals surface area contributed by atoms with Crippen molar-refractivity contribution >= 4 is 15.9 Å². The molecule has 0 saturated carbocycles. The monoisotopic (exact) mass is 390 g/mol. The van der Waals surface area contributed by atoms with Crippen molar-refractivity contribution in [1.29, 1.82) is 0 Å². The van der Waals surface area contributed by atoms with Crippen LogP contribution in [0.15, 0.2) is 41.3 Å². The molecule has 1 saturated heterocycles. The van der Waals surface area contributed by atoms with Crippen LogP contribution in [0.2, 0.25) is 0 Å². The maximum absolute atomic E-state index is 13.1. The first kappa shape index (κ1) is 20.1. The zero-order chi connectivity index (χ0) is 19.3. The number of amides is 1. The second kappa shape index (κ2) is 9.02. The molecule has 0 radical (unpaired) electrons. The molecule has 6 heteroatoms. The lowest BCUT2D eigenvalue weighted by atomic mass is 9.93. The summed E-state index contributed by atoms with van der Waals surface area (Å²) in [5.41, 5.74) is 1.05. The van der Waals surface area contributed by atoms with Gasteiger partial charge in [-0.15, -0.1) is 0 Å².